The Morgan fingerprint density at radius 2 is 2.18 bits per heavy atom. The van der Waals surface area contributed by atoms with Crippen LogP contribution in [-0.2, 0) is 4.79 Å². The number of hydrogen-bond donors (Lipinski definition) is 1. The summed E-state index contributed by atoms with van der Waals surface area (Å²) >= 11 is 1.33. The van der Waals surface area contributed by atoms with Crippen molar-refractivity contribution in [3.05, 3.63) is 47.7 Å². The van der Waals surface area contributed by atoms with Gasteiger partial charge in [0, 0.05) is 12.7 Å². The summed E-state index contributed by atoms with van der Waals surface area (Å²) in [6.07, 6.45) is 6.36. The van der Waals surface area contributed by atoms with Gasteiger partial charge in [-0.25, -0.2) is 4.68 Å². The number of nitrogens with two attached hydrogens (primary N) is 1. The number of carbonyl (C=O) groups is 1. The van der Waals surface area contributed by atoms with E-state index >= 15 is 0 Å². The van der Waals surface area contributed by atoms with Crippen LogP contribution >= 0.6 is 11.8 Å². The summed E-state index contributed by atoms with van der Waals surface area (Å²) < 4.78 is 1.54. The number of benzene rings is 1. The first-order chi connectivity index (χ1) is 10.6. The van der Waals surface area contributed by atoms with Gasteiger partial charge in [-0.05, 0) is 24.1 Å². The maximum absolute atomic E-state index is 10.8. The molecule has 0 fully saturated rings. The van der Waals surface area contributed by atoms with Crippen molar-refractivity contribution in [2.45, 2.75) is 13.3 Å². The second-order valence-corrected chi connectivity index (χ2v) is 5.86. The zero-order chi connectivity index (χ0) is 15.9. The number of aromatic nitrogens is 2. The summed E-state index contributed by atoms with van der Waals surface area (Å²) in [6.45, 7) is 1.58. The Labute approximate surface area is 133 Å². The zero-order valence-electron chi connectivity index (χ0n) is 12.2. The molecule has 0 spiro atoms. The van der Waals surface area contributed by atoms with Crippen molar-refractivity contribution in [2.75, 3.05) is 11.5 Å². The van der Waals surface area contributed by atoms with Gasteiger partial charge >= 0.3 is 0 Å². The summed E-state index contributed by atoms with van der Waals surface area (Å²) in [4.78, 5) is 10.8. The minimum atomic E-state index is 0.145. The predicted molar refractivity (Wildman–Crippen MR) is 89.5 cm³/mol. The predicted octanol–water partition coefficient (Wildman–Crippen LogP) is 3.01. The molecule has 112 valence electrons. The van der Waals surface area contributed by atoms with Crippen molar-refractivity contribution in [3.8, 4) is 11.8 Å². The number of nitrogen functional groups attached to an aromatic ring is 1. The Bertz CT molecular complexity index is 726. The van der Waals surface area contributed by atoms with E-state index in [1.54, 1.807) is 6.92 Å². The lowest BCUT2D eigenvalue weighted by atomic mass is 10.2. The monoisotopic (exact) mass is 312 g/mol. The first-order valence-corrected chi connectivity index (χ1v) is 7.74. The van der Waals surface area contributed by atoms with Crippen LogP contribution in [-0.4, -0.2) is 20.6 Å². The van der Waals surface area contributed by atoms with Crippen molar-refractivity contribution in [3.63, 3.8) is 0 Å². The molecule has 5 nitrogen and oxygen atoms in total. The molecule has 1 aromatic heterocycles. The average Bonchev–Trinajstić information content (AvgIpc) is 2.88. The lowest BCUT2D eigenvalue weighted by Gasteiger charge is -2.04. The van der Waals surface area contributed by atoms with Crippen LogP contribution in [0.1, 0.15) is 24.5 Å². The smallest absolute Gasteiger partial charge is 0.185 e. The molecule has 22 heavy (non-hydrogen) atoms. The minimum absolute atomic E-state index is 0.145. The molecule has 6 heteroatoms. The molecular weight excluding hydrogens is 296 g/mol. The molecule has 2 aromatic rings. The first-order valence-electron chi connectivity index (χ1n) is 6.75. The fourth-order valence-electron chi connectivity index (χ4n) is 1.87. The van der Waals surface area contributed by atoms with E-state index in [2.05, 4.69) is 5.10 Å². The van der Waals surface area contributed by atoms with Crippen LogP contribution < -0.4 is 5.73 Å². The van der Waals surface area contributed by atoms with Crippen LogP contribution in [0.15, 0.2) is 36.5 Å². The SMILES string of the molecule is CC(=O)SCCC=Cc1ccc(-n2ncc(C#N)c2N)cc1. The maximum atomic E-state index is 10.8. The molecule has 2 N–H and O–H groups in total. The van der Waals surface area contributed by atoms with Gasteiger partial charge < -0.3 is 5.73 Å². The lowest BCUT2D eigenvalue weighted by Crippen LogP contribution is -2.02. The molecule has 1 heterocycles. The molecule has 1 aromatic carbocycles. The number of hydrogen-bond acceptors (Lipinski definition) is 5. The fraction of sp³-hybridized carbons (Fsp3) is 0.188. The molecule has 0 atom stereocenters. The fourth-order valence-corrected chi connectivity index (χ4v) is 2.41. The number of anilines is 1. The van der Waals surface area contributed by atoms with Crippen LogP contribution in [0, 0.1) is 11.3 Å². The Hall–Kier alpha value is -2.52. The zero-order valence-corrected chi connectivity index (χ0v) is 13.0. The van der Waals surface area contributed by atoms with Crippen molar-refractivity contribution < 1.29 is 4.79 Å². The van der Waals surface area contributed by atoms with E-state index in [4.69, 9.17) is 11.0 Å². The highest BCUT2D eigenvalue weighted by Crippen LogP contribution is 2.17. The first kappa shape index (κ1) is 15.9. The van der Waals surface area contributed by atoms with E-state index in [1.807, 2.05) is 42.5 Å². The molecule has 0 aliphatic rings. The molecule has 2 rings (SSSR count). The van der Waals surface area contributed by atoms with Gasteiger partial charge in [0.15, 0.2) is 5.12 Å². The van der Waals surface area contributed by atoms with Crippen LogP contribution in [0.4, 0.5) is 5.82 Å². The quantitative estimate of drug-likeness (QED) is 0.858. The van der Waals surface area contributed by atoms with Gasteiger partial charge in [0.2, 0.25) is 0 Å². The third-order valence-electron chi connectivity index (χ3n) is 2.96. The van der Waals surface area contributed by atoms with Gasteiger partial charge in [-0.1, -0.05) is 36.0 Å². The lowest BCUT2D eigenvalue weighted by molar-refractivity contribution is -0.109. The van der Waals surface area contributed by atoms with Gasteiger partial charge in [0.25, 0.3) is 0 Å². The van der Waals surface area contributed by atoms with E-state index in [1.165, 1.54) is 22.6 Å². The maximum Gasteiger partial charge on any atom is 0.185 e. The third kappa shape index (κ3) is 3.99. The van der Waals surface area contributed by atoms with Crippen LogP contribution in [0.25, 0.3) is 11.8 Å². The highest BCUT2D eigenvalue weighted by molar-refractivity contribution is 8.13. The molecule has 0 bridgehead atoms. The highest BCUT2D eigenvalue weighted by Gasteiger charge is 2.07. The van der Waals surface area contributed by atoms with Crippen molar-refractivity contribution >= 4 is 28.8 Å². The van der Waals surface area contributed by atoms with Crippen molar-refractivity contribution in [1.82, 2.24) is 9.78 Å². The number of carbonyl (C=O) groups excluding carboxylic acids is 1. The Morgan fingerprint density at radius 3 is 2.77 bits per heavy atom. The van der Waals surface area contributed by atoms with E-state index < -0.39 is 0 Å². The molecule has 0 radical (unpaired) electrons. The van der Waals surface area contributed by atoms with Gasteiger partial charge in [-0.3, -0.25) is 4.79 Å². The van der Waals surface area contributed by atoms with Crippen molar-refractivity contribution in [2.24, 2.45) is 0 Å². The van der Waals surface area contributed by atoms with Gasteiger partial charge in [-0.2, -0.15) is 10.4 Å². The molecule has 0 amide bonds. The number of nitrogens with zero attached hydrogens (tertiary/aromatic N) is 3. The van der Waals surface area contributed by atoms with E-state index in [9.17, 15) is 4.79 Å². The summed E-state index contributed by atoms with van der Waals surface area (Å²) in [6, 6.07) is 9.70. The average molecular weight is 312 g/mol. The minimum Gasteiger partial charge on any atom is -0.382 e. The Balaban J connectivity index is 2.01. The van der Waals surface area contributed by atoms with Crippen molar-refractivity contribution in [1.29, 1.82) is 5.26 Å². The second-order valence-electron chi connectivity index (χ2n) is 4.59. The topological polar surface area (TPSA) is 84.7 Å². The van der Waals surface area contributed by atoms with Crippen LogP contribution in [0.3, 0.4) is 0 Å². The number of allylic oxidation sites excluding steroid dienone is 1. The van der Waals surface area contributed by atoms with E-state index in [0.29, 0.717) is 11.4 Å². The Kier molecular flexibility index (Phi) is 5.39. The third-order valence-corrected chi connectivity index (χ3v) is 3.81. The number of rotatable bonds is 5. The van der Waals surface area contributed by atoms with Gasteiger partial charge in [0.1, 0.15) is 17.5 Å². The second kappa shape index (κ2) is 7.48. The van der Waals surface area contributed by atoms with Gasteiger partial charge in [0.05, 0.1) is 11.9 Å². The summed E-state index contributed by atoms with van der Waals surface area (Å²) in [5.74, 6) is 1.14. The molecular formula is C16H16N4OS. The van der Waals surface area contributed by atoms with Crippen LogP contribution in [0.2, 0.25) is 0 Å². The van der Waals surface area contributed by atoms with E-state index in [0.717, 1.165) is 23.4 Å². The number of nitriles is 1. The molecule has 0 unspecified atom stereocenters. The molecule has 0 saturated carbocycles. The molecule has 0 saturated heterocycles. The summed E-state index contributed by atoms with van der Waals surface area (Å²) in [5.41, 5.74) is 8.09. The van der Waals surface area contributed by atoms with Gasteiger partial charge in [-0.15, -0.1) is 0 Å². The van der Waals surface area contributed by atoms with Crippen LogP contribution in [0.5, 0.6) is 0 Å². The Morgan fingerprint density at radius 1 is 1.45 bits per heavy atom. The normalized spacial score (nSPS) is 10.7. The largest absolute Gasteiger partial charge is 0.382 e. The van der Waals surface area contributed by atoms with E-state index in [-0.39, 0.29) is 5.12 Å². The molecule has 0 aliphatic heterocycles. The number of thioether (sulfide) groups is 1. The summed E-state index contributed by atoms with van der Waals surface area (Å²) in [5, 5.41) is 13.1. The molecule has 0 aliphatic carbocycles. The standard InChI is InChI=1S/C16H16N4OS/c1-12(21)22-9-3-2-4-13-5-7-15(8-6-13)20-16(18)14(10-17)11-19-20/h2,4-8,11H,3,9,18H2,1H3. The summed E-state index contributed by atoms with van der Waals surface area (Å²) in [7, 11) is 0. The highest BCUT2D eigenvalue weighted by atomic mass is 32.2.